The molecule has 34 heavy (non-hydrogen) atoms. The highest BCUT2D eigenvalue weighted by atomic mass is 32.2. The van der Waals surface area contributed by atoms with Crippen molar-refractivity contribution in [2.75, 3.05) is 23.7 Å². The number of rotatable bonds is 12. The van der Waals surface area contributed by atoms with Gasteiger partial charge in [-0.25, -0.2) is 8.42 Å². The Kier molecular flexibility index (Phi) is 10.1. The van der Waals surface area contributed by atoms with Gasteiger partial charge in [0.25, 0.3) is 0 Å². The summed E-state index contributed by atoms with van der Waals surface area (Å²) in [5.74, 6) is -0.364. The van der Waals surface area contributed by atoms with Crippen LogP contribution in [0.5, 0.6) is 0 Å². The summed E-state index contributed by atoms with van der Waals surface area (Å²) in [5.41, 5.74) is 2.36. The van der Waals surface area contributed by atoms with Crippen LogP contribution < -0.4 is 9.62 Å². The van der Waals surface area contributed by atoms with E-state index in [9.17, 15) is 18.0 Å². The van der Waals surface area contributed by atoms with E-state index in [1.807, 2.05) is 56.3 Å². The Bertz CT molecular complexity index is 1040. The summed E-state index contributed by atoms with van der Waals surface area (Å²) < 4.78 is 26.4. The SMILES string of the molecule is CCCNC(=O)[C@H](CC)N(Cc1ccccc1)C(=O)CN(c1ccc(C(C)C)cc1)S(C)(=O)=O. The van der Waals surface area contributed by atoms with Gasteiger partial charge >= 0.3 is 0 Å². The van der Waals surface area contributed by atoms with E-state index < -0.39 is 22.0 Å². The van der Waals surface area contributed by atoms with Crippen molar-refractivity contribution in [3.63, 3.8) is 0 Å². The minimum absolute atomic E-state index is 0.210. The Labute approximate surface area is 204 Å². The van der Waals surface area contributed by atoms with E-state index in [1.54, 1.807) is 12.1 Å². The minimum Gasteiger partial charge on any atom is -0.354 e. The molecule has 0 aliphatic carbocycles. The molecule has 0 saturated carbocycles. The monoisotopic (exact) mass is 487 g/mol. The average Bonchev–Trinajstić information content (AvgIpc) is 2.80. The average molecular weight is 488 g/mol. The quantitative estimate of drug-likeness (QED) is 0.492. The van der Waals surface area contributed by atoms with Gasteiger partial charge in [-0.2, -0.15) is 0 Å². The van der Waals surface area contributed by atoms with Crippen LogP contribution in [0, 0.1) is 0 Å². The molecule has 0 radical (unpaired) electrons. The lowest BCUT2D eigenvalue weighted by Crippen LogP contribution is -2.52. The first-order valence-corrected chi connectivity index (χ1v) is 13.6. The predicted molar refractivity (Wildman–Crippen MR) is 137 cm³/mol. The van der Waals surface area contributed by atoms with E-state index in [0.29, 0.717) is 24.6 Å². The summed E-state index contributed by atoms with van der Waals surface area (Å²) in [5, 5.41) is 2.87. The van der Waals surface area contributed by atoms with Crippen LogP contribution in [0.15, 0.2) is 54.6 Å². The molecule has 0 unspecified atom stereocenters. The van der Waals surface area contributed by atoms with Gasteiger partial charge in [-0.1, -0.05) is 70.2 Å². The summed E-state index contributed by atoms with van der Waals surface area (Å²) in [6.07, 6.45) is 2.28. The van der Waals surface area contributed by atoms with Crippen molar-refractivity contribution in [2.45, 2.75) is 59.0 Å². The number of carbonyl (C=O) groups excluding carboxylic acids is 2. The first-order valence-electron chi connectivity index (χ1n) is 11.8. The van der Waals surface area contributed by atoms with Crippen LogP contribution in [0.3, 0.4) is 0 Å². The lowest BCUT2D eigenvalue weighted by atomic mass is 10.0. The minimum atomic E-state index is -3.73. The number of nitrogens with one attached hydrogen (secondary N) is 1. The zero-order valence-electron chi connectivity index (χ0n) is 20.8. The fourth-order valence-corrected chi connectivity index (χ4v) is 4.55. The highest BCUT2D eigenvalue weighted by molar-refractivity contribution is 7.92. The fraction of sp³-hybridized carbons (Fsp3) is 0.462. The van der Waals surface area contributed by atoms with Crippen LogP contribution in [0.1, 0.15) is 57.6 Å². The van der Waals surface area contributed by atoms with Crippen molar-refractivity contribution in [1.29, 1.82) is 0 Å². The van der Waals surface area contributed by atoms with Crippen molar-refractivity contribution < 1.29 is 18.0 Å². The topological polar surface area (TPSA) is 86.8 Å². The number of sulfonamides is 1. The standard InChI is InChI=1S/C26H37N3O4S/c1-6-17-27-26(31)24(7-2)28(18-21-11-9-8-10-12-21)25(30)19-29(34(5,32)33)23-15-13-22(14-16-23)20(3)4/h8-16,20,24H,6-7,17-19H2,1-5H3,(H,27,31)/t24-/m0/s1. The molecule has 8 heteroatoms. The molecule has 0 aromatic heterocycles. The van der Waals surface area contributed by atoms with Gasteiger partial charge in [0.05, 0.1) is 11.9 Å². The zero-order chi connectivity index (χ0) is 25.3. The van der Waals surface area contributed by atoms with Crippen LogP contribution in [0.4, 0.5) is 5.69 Å². The molecule has 0 heterocycles. The summed E-state index contributed by atoms with van der Waals surface area (Å²) in [7, 11) is -3.73. The molecule has 2 amide bonds. The molecule has 2 aromatic carbocycles. The van der Waals surface area contributed by atoms with E-state index >= 15 is 0 Å². The van der Waals surface area contributed by atoms with Gasteiger partial charge in [0.2, 0.25) is 21.8 Å². The Morgan fingerprint density at radius 3 is 2.09 bits per heavy atom. The molecule has 7 nitrogen and oxygen atoms in total. The smallest absolute Gasteiger partial charge is 0.244 e. The first kappa shape index (κ1) is 27.4. The maximum Gasteiger partial charge on any atom is 0.244 e. The molecular formula is C26H37N3O4S. The number of hydrogen-bond acceptors (Lipinski definition) is 4. The van der Waals surface area contributed by atoms with Gasteiger partial charge in [-0.05, 0) is 42.0 Å². The van der Waals surface area contributed by atoms with Crippen LogP contribution in [0.2, 0.25) is 0 Å². The van der Waals surface area contributed by atoms with E-state index in [2.05, 4.69) is 19.2 Å². The summed E-state index contributed by atoms with van der Waals surface area (Å²) in [6.45, 7) is 8.26. The molecule has 0 aliphatic heterocycles. The van der Waals surface area contributed by atoms with Crippen LogP contribution in [-0.2, 0) is 26.2 Å². The Hall–Kier alpha value is -2.87. The summed E-state index contributed by atoms with van der Waals surface area (Å²) >= 11 is 0. The lowest BCUT2D eigenvalue weighted by Gasteiger charge is -2.33. The summed E-state index contributed by atoms with van der Waals surface area (Å²) in [4.78, 5) is 27.9. The molecule has 1 N–H and O–H groups in total. The molecule has 0 saturated heterocycles. The number of hydrogen-bond donors (Lipinski definition) is 1. The molecule has 0 spiro atoms. The highest BCUT2D eigenvalue weighted by Gasteiger charge is 2.31. The van der Waals surface area contributed by atoms with E-state index in [4.69, 9.17) is 0 Å². The number of benzene rings is 2. The normalized spacial score (nSPS) is 12.3. The first-order chi connectivity index (χ1) is 16.1. The largest absolute Gasteiger partial charge is 0.354 e. The third-order valence-electron chi connectivity index (χ3n) is 5.66. The van der Waals surface area contributed by atoms with Crippen molar-refractivity contribution >= 4 is 27.5 Å². The Morgan fingerprint density at radius 1 is 0.971 bits per heavy atom. The second kappa shape index (κ2) is 12.6. The van der Waals surface area contributed by atoms with Gasteiger partial charge in [0.15, 0.2) is 0 Å². The maximum absolute atomic E-state index is 13.6. The van der Waals surface area contributed by atoms with Gasteiger partial charge in [0, 0.05) is 13.1 Å². The second-order valence-electron chi connectivity index (χ2n) is 8.74. The molecule has 2 rings (SSSR count). The highest BCUT2D eigenvalue weighted by Crippen LogP contribution is 2.23. The fourth-order valence-electron chi connectivity index (χ4n) is 3.70. The lowest BCUT2D eigenvalue weighted by molar-refractivity contribution is -0.140. The summed E-state index contributed by atoms with van der Waals surface area (Å²) in [6, 6.07) is 15.9. The van der Waals surface area contributed by atoms with Crippen LogP contribution in [0.25, 0.3) is 0 Å². The number of anilines is 1. The number of amides is 2. The van der Waals surface area contributed by atoms with Crippen LogP contribution >= 0.6 is 0 Å². The Morgan fingerprint density at radius 2 is 1.59 bits per heavy atom. The van der Waals surface area contributed by atoms with Crippen molar-refractivity contribution in [1.82, 2.24) is 10.2 Å². The van der Waals surface area contributed by atoms with Gasteiger partial charge in [0.1, 0.15) is 12.6 Å². The molecule has 2 aromatic rings. The van der Waals surface area contributed by atoms with Crippen molar-refractivity contribution in [2.24, 2.45) is 0 Å². The number of nitrogens with zero attached hydrogens (tertiary/aromatic N) is 2. The van der Waals surface area contributed by atoms with Gasteiger partial charge < -0.3 is 10.2 Å². The van der Waals surface area contributed by atoms with Crippen molar-refractivity contribution in [3.8, 4) is 0 Å². The molecule has 0 aliphatic rings. The molecule has 1 atom stereocenters. The maximum atomic E-state index is 13.6. The van der Waals surface area contributed by atoms with Crippen molar-refractivity contribution in [3.05, 3.63) is 65.7 Å². The predicted octanol–water partition coefficient (Wildman–Crippen LogP) is 3.91. The third kappa shape index (κ3) is 7.58. The Balaban J connectivity index is 2.39. The van der Waals surface area contributed by atoms with Gasteiger partial charge in [-0.3, -0.25) is 13.9 Å². The van der Waals surface area contributed by atoms with E-state index in [1.165, 1.54) is 4.90 Å². The zero-order valence-corrected chi connectivity index (χ0v) is 21.6. The van der Waals surface area contributed by atoms with Crippen LogP contribution in [-0.4, -0.2) is 50.5 Å². The second-order valence-corrected chi connectivity index (χ2v) is 10.6. The third-order valence-corrected chi connectivity index (χ3v) is 6.80. The molecular weight excluding hydrogens is 450 g/mol. The molecule has 0 fully saturated rings. The van der Waals surface area contributed by atoms with E-state index in [0.717, 1.165) is 28.1 Å². The molecule has 186 valence electrons. The van der Waals surface area contributed by atoms with E-state index in [-0.39, 0.29) is 19.0 Å². The number of carbonyl (C=O) groups is 2. The molecule has 0 bridgehead atoms. The van der Waals surface area contributed by atoms with Gasteiger partial charge in [-0.15, -0.1) is 0 Å².